The van der Waals surface area contributed by atoms with Crippen LogP contribution in [0.1, 0.15) is 46.0 Å². The van der Waals surface area contributed by atoms with E-state index in [2.05, 4.69) is 12.2 Å². The van der Waals surface area contributed by atoms with Crippen molar-refractivity contribution in [2.75, 3.05) is 13.1 Å². The second-order valence-corrected chi connectivity index (χ2v) is 4.46. The van der Waals surface area contributed by atoms with E-state index >= 15 is 0 Å². The van der Waals surface area contributed by atoms with E-state index in [0.717, 1.165) is 25.8 Å². The van der Waals surface area contributed by atoms with E-state index in [1.165, 1.54) is 4.90 Å². The van der Waals surface area contributed by atoms with Gasteiger partial charge >= 0.3 is 0 Å². The van der Waals surface area contributed by atoms with Crippen LogP contribution in [0.3, 0.4) is 0 Å². The van der Waals surface area contributed by atoms with Gasteiger partial charge in [-0.2, -0.15) is 0 Å². The van der Waals surface area contributed by atoms with Gasteiger partial charge in [-0.3, -0.25) is 14.5 Å². The fraction of sp³-hybridized carbons (Fsp3) is 0.833. The lowest BCUT2D eigenvalue weighted by Gasteiger charge is -2.23. The number of likely N-dealkylation sites (tertiary alicyclic amines) is 1. The van der Waals surface area contributed by atoms with Crippen molar-refractivity contribution in [2.45, 2.75) is 52.0 Å². The first-order valence-electron chi connectivity index (χ1n) is 6.21. The molecular formula is C12H22N2O2. The van der Waals surface area contributed by atoms with Crippen LogP contribution in [-0.2, 0) is 9.59 Å². The smallest absolute Gasteiger partial charge is 0.229 e. The van der Waals surface area contributed by atoms with Crippen LogP contribution >= 0.6 is 0 Å². The van der Waals surface area contributed by atoms with E-state index < -0.39 is 0 Å². The molecule has 2 amide bonds. The van der Waals surface area contributed by atoms with Gasteiger partial charge in [0.2, 0.25) is 11.8 Å². The Morgan fingerprint density at radius 2 is 1.81 bits per heavy atom. The first kappa shape index (κ1) is 13.2. The molecule has 1 aliphatic rings. The molecule has 1 saturated heterocycles. The summed E-state index contributed by atoms with van der Waals surface area (Å²) >= 11 is 0. The summed E-state index contributed by atoms with van der Waals surface area (Å²) in [5.41, 5.74) is 0. The molecule has 92 valence electrons. The summed E-state index contributed by atoms with van der Waals surface area (Å²) in [5, 5.41) is 3.29. The summed E-state index contributed by atoms with van der Waals surface area (Å²) in [5.74, 6) is -0.0136. The minimum Gasteiger partial charge on any atom is -0.312 e. The molecular weight excluding hydrogens is 204 g/mol. The third kappa shape index (κ3) is 3.93. The van der Waals surface area contributed by atoms with Crippen LogP contribution in [0, 0.1) is 0 Å². The Balaban J connectivity index is 2.48. The van der Waals surface area contributed by atoms with Crippen LogP contribution in [0.25, 0.3) is 0 Å². The average molecular weight is 226 g/mol. The number of amides is 2. The van der Waals surface area contributed by atoms with Crippen LogP contribution in [0.4, 0.5) is 0 Å². The van der Waals surface area contributed by atoms with Crippen molar-refractivity contribution < 1.29 is 9.59 Å². The third-order valence-corrected chi connectivity index (χ3v) is 2.83. The molecule has 0 aliphatic carbocycles. The van der Waals surface area contributed by atoms with E-state index in [1.807, 2.05) is 6.92 Å². The lowest BCUT2D eigenvalue weighted by atomic mass is 10.2. The summed E-state index contributed by atoms with van der Waals surface area (Å²) in [6.45, 7) is 5.55. The van der Waals surface area contributed by atoms with Gasteiger partial charge in [0.25, 0.3) is 0 Å². The van der Waals surface area contributed by atoms with Crippen molar-refractivity contribution >= 4 is 11.8 Å². The summed E-state index contributed by atoms with van der Waals surface area (Å²) in [7, 11) is 0. The third-order valence-electron chi connectivity index (χ3n) is 2.83. The fourth-order valence-corrected chi connectivity index (χ4v) is 1.89. The Kier molecular flexibility index (Phi) is 5.46. The van der Waals surface area contributed by atoms with Gasteiger partial charge in [0.15, 0.2) is 0 Å². The number of imide groups is 1. The Hall–Kier alpha value is -0.900. The van der Waals surface area contributed by atoms with Gasteiger partial charge in [0, 0.05) is 25.4 Å². The van der Waals surface area contributed by atoms with Crippen LogP contribution in [0.15, 0.2) is 0 Å². The molecule has 1 aliphatic heterocycles. The molecule has 1 fully saturated rings. The zero-order chi connectivity index (χ0) is 12.0. The predicted octanol–water partition coefficient (Wildman–Crippen LogP) is 1.30. The van der Waals surface area contributed by atoms with Crippen molar-refractivity contribution in [1.29, 1.82) is 0 Å². The predicted molar refractivity (Wildman–Crippen MR) is 62.9 cm³/mol. The summed E-state index contributed by atoms with van der Waals surface area (Å²) in [6, 6.07) is 0.186. The van der Waals surface area contributed by atoms with Crippen LogP contribution in [0.2, 0.25) is 0 Å². The highest BCUT2D eigenvalue weighted by Crippen LogP contribution is 2.12. The summed E-state index contributed by atoms with van der Waals surface area (Å²) < 4.78 is 0. The maximum Gasteiger partial charge on any atom is 0.229 e. The minimum atomic E-state index is -0.00681. The van der Waals surface area contributed by atoms with E-state index in [-0.39, 0.29) is 17.9 Å². The standard InChI is InChI=1S/C12H22N2O2/c1-3-8-13-10(2)9-14-11(15)6-4-5-7-12(14)16/h10,13H,3-9H2,1-2H3. The molecule has 0 aromatic heterocycles. The molecule has 0 saturated carbocycles. The topological polar surface area (TPSA) is 49.4 Å². The summed E-state index contributed by atoms with van der Waals surface area (Å²) in [6.07, 6.45) is 3.79. The molecule has 4 heteroatoms. The monoisotopic (exact) mass is 226 g/mol. The Morgan fingerprint density at radius 1 is 1.25 bits per heavy atom. The largest absolute Gasteiger partial charge is 0.312 e. The Morgan fingerprint density at radius 3 is 2.31 bits per heavy atom. The van der Waals surface area contributed by atoms with Gasteiger partial charge in [0.05, 0.1) is 0 Å². The first-order valence-corrected chi connectivity index (χ1v) is 6.21. The molecule has 1 unspecified atom stereocenters. The Bertz CT molecular complexity index is 235. The van der Waals surface area contributed by atoms with E-state index in [0.29, 0.717) is 19.4 Å². The number of hydrogen-bond donors (Lipinski definition) is 1. The molecule has 1 atom stereocenters. The molecule has 0 aromatic rings. The number of hydrogen-bond acceptors (Lipinski definition) is 3. The highest BCUT2D eigenvalue weighted by molar-refractivity contribution is 5.96. The molecule has 1 N–H and O–H groups in total. The van der Waals surface area contributed by atoms with E-state index in [4.69, 9.17) is 0 Å². The van der Waals surface area contributed by atoms with Crippen LogP contribution in [-0.4, -0.2) is 35.8 Å². The maximum absolute atomic E-state index is 11.7. The van der Waals surface area contributed by atoms with Gasteiger partial charge in [-0.05, 0) is 32.7 Å². The van der Waals surface area contributed by atoms with Crippen molar-refractivity contribution in [3.63, 3.8) is 0 Å². The molecule has 1 heterocycles. The van der Waals surface area contributed by atoms with E-state index in [9.17, 15) is 9.59 Å². The van der Waals surface area contributed by atoms with Crippen LogP contribution in [0.5, 0.6) is 0 Å². The highest BCUT2D eigenvalue weighted by Gasteiger charge is 2.24. The van der Waals surface area contributed by atoms with Crippen molar-refractivity contribution in [3.05, 3.63) is 0 Å². The number of nitrogens with zero attached hydrogens (tertiary/aromatic N) is 1. The second-order valence-electron chi connectivity index (χ2n) is 4.46. The second kappa shape index (κ2) is 6.63. The van der Waals surface area contributed by atoms with E-state index in [1.54, 1.807) is 0 Å². The normalized spacial score (nSPS) is 19.8. The van der Waals surface area contributed by atoms with Crippen LogP contribution < -0.4 is 5.32 Å². The number of nitrogens with one attached hydrogen (secondary N) is 1. The summed E-state index contributed by atoms with van der Waals surface area (Å²) in [4.78, 5) is 24.9. The SMILES string of the molecule is CCCNC(C)CN1C(=O)CCCCC1=O. The lowest BCUT2D eigenvalue weighted by molar-refractivity contribution is -0.144. The quantitative estimate of drug-likeness (QED) is 0.719. The van der Waals surface area contributed by atoms with Gasteiger partial charge in [-0.1, -0.05) is 6.92 Å². The number of rotatable bonds is 5. The highest BCUT2D eigenvalue weighted by atomic mass is 16.2. The average Bonchev–Trinajstić information content (AvgIpc) is 2.41. The zero-order valence-corrected chi connectivity index (χ0v) is 10.3. The molecule has 16 heavy (non-hydrogen) atoms. The lowest BCUT2D eigenvalue weighted by Crippen LogP contribution is -2.44. The number of carbonyl (C=O) groups excluding carboxylic acids is 2. The van der Waals surface area contributed by atoms with Crippen molar-refractivity contribution in [2.24, 2.45) is 0 Å². The van der Waals surface area contributed by atoms with Gasteiger partial charge in [0.1, 0.15) is 0 Å². The maximum atomic E-state index is 11.7. The molecule has 1 rings (SSSR count). The molecule has 0 spiro atoms. The first-order chi connectivity index (χ1) is 7.65. The molecule has 0 bridgehead atoms. The molecule has 0 aromatic carbocycles. The van der Waals surface area contributed by atoms with Crippen molar-refractivity contribution in [3.8, 4) is 0 Å². The van der Waals surface area contributed by atoms with Gasteiger partial charge in [-0.25, -0.2) is 0 Å². The molecule has 0 radical (unpaired) electrons. The van der Waals surface area contributed by atoms with Crippen molar-refractivity contribution in [1.82, 2.24) is 10.2 Å². The Labute approximate surface area is 97.4 Å². The number of carbonyl (C=O) groups is 2. The van der Waals surface area contributed by atoms with Gasteiger partial charge in [-0.15, -0.1) is 0 Å². The zero-order valence-electron chi connectivity index (χ0n) is 10.3. The van der Waals surface area contributed by atoms with Gasteiger partial charge < -0.3 is 5.32 Å². The fourth-order valence-electron chi connectivity index (χ4n) is 1.89. The molecule has 4 nitrogen and oxygen atoms in total. The minimum absolute atomic E-state index is 0.00681.